The average molecular weight is 409 g/mol. The number of carbonyl (C=O) groups is 1. The number of nitrogens with zero attached hydrogens (tertiary/aromatic N) is 3. The number of hydrogen-bond acceptors (Lipinski definition) is 6. The molecule has 0 bridgehead atoms. The van der Waals surface area contributed by atoms with Gasteiger partial charge in [0.25, 0.3) is 0 Å². The molecule has 0 aliphatic carbocycles. The fourth-order valence-corrected chi connectivity index (χ4v) is 4.78. The number of para-hydroxylation sites is 1. The smallest absolute Gasteiger partial charge is 0.243 e. The van der Waals surface area contributed by atoms with Gasteiger partial charge in [-0.2, -0.15) is 0 Å². The van der Waals surface area contributed by atoms with Gasteiger partial charge < -0.3 is 0 Å². The highest BCUT2D eigenvalue weighted by atomic mass is 32.2. The number of aryl methyl sites for hydroxylation is 1. The van der Waals surface area contributed by atoms with Crippen molar-refractivity contribution in [2.75, 3.05) is 10.7 Å². The summed E-state index contributed by atoms with van der Waals surface area (Å²) in [6.07, 6.45) is 0. The van der Waals surface area contributed by atoms with Crippen LogP contribution in [-0.2, 0) is 4.79 Å². The lowest BCUT2D eigenvalue weighted by Crippen LogP contribution is -2.30. The maximum atomic E-state index is 12.4. The third kappa shape index (κ3) is 3.72. The first kappa shape index (κ1) is 18.8. The van der Waals surface area contributed by atoms with Crippen molar-refractivity contribution >= 4 is 51.7 Å². The number of rotatable bonds is 3. The van der Waals surface area contributed by atoms with E-state index in [0.717, 1.165) is 38.1 Å². The number of benzene rings is 2. The van der Waals surface area contributed by atoms with Gasteiger partial charge in [0.15, 0.2) is 5.17 Å². The van der Waals surface area contributed by atoms with Crippen LogP contribution in [0, 0.1) is 6.92 Å². The quantitative estimate of drug-likeness (QED) is 0.721. The average Bonchev–Trinajstić information content (AvgIpc) is 3.06. The third-order valence-electron chi connectivity index (χ3n) is 4.41. The van der Waals surface area contributed by atoms with E-state index in [-0.39, 0.29) is 5.91 Å². The van der Waals surface area contributed by atoms with Crippen LogP contribution < -0.4 is 10.3 Å². The predicted molar refractivity (Wildman–Crippen MR) is 119 cm³/mol. The molecule has 142 valence electrons. The lowest BCUT2D eigenvalue weighted by atomic mass is 10.2. The number of amidine groups is 1. The predicted octanol–water partition coefficient (Wildman–Crippen LogP) is 5.07. The van der Waals surface area contributed by atoms with Crippen LogP contribution in [0.15, 0.2) is 74.1 Å². The first-order valence-corrected chi connectivity index (χ1v) is 10.7. The normalized spacial score (nSPS) is 19.5. The highest BCUT2D eigenvalue weighted by molar-refractivity contribution is 8.15. The molecule has 1 amide bonds. The highest BCUT2D eigenvalue weighted by Gasteiger charge is 2.30. The van der Waals surface area contributed by atoms with E-state index in [0.29, 0.717) is 10.9 Å². The Labute approximate surface area is 173 Å². The summed E-state index contributed by atoms with van der Waals surface area (Å²) in [6, 6.07) is 16.0. The van der Waals surface area contributed by atoms with E-state index >= 15 is 0 Å². The SMILES string of the molecule is CC1=Nc2ccccc2S/C1=C(/C)N/N=C1\SCC(=O)N1c1ccc(C)cc1. The minimum Gasteiger partial charge on any atom is -0.279 e. The molecule has 0 atom stereocenters. The molecule has 7 heteroatoms. The number of anilines is 1. The van der Waals surface area contributed by atoms with Crippen molar-refractivity contribution in [2.45, 2.75) is 25.7 Å². The number of allylic oxidation sites excluding steroid dienone is 2. The molecule has 1 N–H and O–H groups in total. The zero-order valence-corrected chi connectivity index (χ0v) is 17.5. The molecule has 28 heavy (non-hydrogen) atoms. The van der Waals surface area contributed by atoms with Crippen LogP contribution in [0.5, 0.6) is 0 Å². The maximum Gasteiger partial charge on any atom is 0.243 e. The van der Waals surface area contributed by atoms with E-state index in [1.807, 2.05) is 63.2 Å². The van der Waals surface area contributed by atoms with Crippen molar-refractivity contribution in [1.82, 2.24) is 5.43 Å². The Bertz CT molecular complexity index is 1020. The van der Waals surface area contributed by atoms with Crippen molar-refractivity contribution in [3.05, 3.63) is 64.7 Å². The summed E-state index contributed by atoms with van der Waals surface area (Å²) in [5.74, 6) is 0.436. The van der Waals surface area contributed by atoms with Crippen molar-refractivity contribution < 1.29 is 4.79 Å². The summed E-state index contributed by atoms with van der Waals surface area (Å²) < 4.78 is 0. The number of hydrogen-bond donors (Lipinski definition) is 1. The fraction of sp³-hybridized carbons (Fsp3) is 0.190. The third-order valence-corrected chi connectivity index (χ3v) is 6.71. The van der Waals surface area contributed by atoms with Crippen LogP contribution in [0.1, 0.15) is 19.4 Å². The van der Waals surface area contributed by atoms with Gasteiger partial charge in [0.2, 0.25) is 5.91 Å². The summed E-state index contributed by atoms with van der Waals surface area (Å²) in [5.41, 5.74) is 8.00. The molecule has 2 aromatic carbocycles. The van der Waals surface area contributed by atoms with Gasteiger partial charge in [-0.1, -0.05) is 53.4 Å². The molecule has 0 spiro atoms. The minimum atomic E-state index is 0.0402. The number of nitrogens with one attached hydrogen (secondary N) is 1. The van der Waals surface area contributed by atoms with Gasteiger partial charge in [-0.3, -0.25) is 20.1 Å². The maximum absolute atomic E-state index is 12.4. The first-order valence-electron chi connectivity index (χ1n) is 8.92. The number of carbonyl (C=O) groups excluding carboxylic acids is 1. The molecule has 4 rings (SSSR count). The largest absolute Gasteiger partial charge is 0.279 e. The summed E-state index contributed by atoms with van der Waals surface area (Å²) in [5, 5.41) is 5.18. The molecule has 2 aliphatic heterocycles. The van der Waals surface area contributed by atoms with Gasteiger partial charge in [0, 0.05) is 10.6 Å². The molecule has 2 aliphatic rings. The Kier molecular flexibility index (Phi) is 5.28. The Hall–Kier alpha value is -2.51. The second-order valence-corrected chi connectivity index (χ2v) is 8.58. The van der Waals surface area contributed by atoms with E-state index in [1.54, 1.807) is 16.7 Å². The van der Waals surface area contributed by atoms with Crippen LogP contribution in [0.2, 0.25) is 0 Å². The van der Waals surface area contributed by atoms with Crippen LogP contribution in [0.25, 0.3) is 0 Å². The van der Waals surface area contributed by atoms with E-state index in [2.05, 4.69) is 16.6 Å². The van der Waals surface area contributed by atoms with Gasteiger partial charge >= 0.3 is 0 Å². The lowest BCUT2D eigenvalue weighted by Gasteiger charge is -2.19. The highest BCUT2D eigenvalue weighted by Crippen LogP contribution is 2.40. The lowest BCUT2D eigenvalue weighted by molar-refractivity contribution is -0.115. The molecule has 0 unspecified atom stereocenters. The van der Waals surface area contributed by atoms with Crippen molar-refractivity contribution in [3.63, 3.8) is 0 Å². The van der Waals surface area contributed by atoms with Crippen LogP contribution in [0.4, 0.5) is 11.4 Å². The second kappa shape index (κ2) is 7.85. The number of hydrazone groups is 1. The Morgan fingerprint density at radius 3 is 2.68 bits per heavy atom. The van der Waals surface area contributed by atoms with Gasteiger partial charge in [0.1, 0.15) is 0 Å². The van der Waals surface area contributed by atoms with Gasteiger partial charge in [0.05, 0.1) is 27.7 Å². The zero-order valence-electron chi connectivity index (χ0n) is 15.9. The standard InChI is InChI=1S/C21H20N4OS2/c1-13-8-10-16(11-9-13)25-19(26)12-27-21(25)24-23-15(3)20-14(2)22-17-6-4-5-7-18(17)28-20/h4-11,23H,12H2,1-3H3/b20-15-,24-21-. The number of amides is 1. The molecule has 2 heterocycles. The van der Waals surface area contributed by atoms with Crippen molar-refractivity contribution in [2.24, 2.45) is 10.1 Å². The van der Waals surface area contributed by atoms with E-state index in [4.69, 9.17) is 4.99 Å². The zero-order chi connectivity index (χ0) is 19.7. The molecule has 0 radical (unpaired) electrons. The second-order valence-electron chi connectivity index (χ2n) is 6.58. The van der Waals surface area contributed by atoms with Gasteiger partial charge in [-0.25, -0.2) is 0 Å². The molecule has 1 fully saturated rings. The first-order chi connectivity index (χ1) is 13.5. The van der Waals surface area contributed by atoms with Crippen LogP contribution >= 0.6 is 23.5 Å². The van der Waals surface area contributed by atoms with Crippen LogP contribution in [0.3, 0.4) is 0 Å². The number of fused-ring (bicyclic) bond motifs is 1. The molecule has 0 saturated carbocycles. The summed E-state index contributed by atoms with van der Waals surface area (Å²) in [6.45, 7) is 6.01. The molecular formula is C21H20N4OS2. The summed E-state index contributed by atoms with van der Waals surface area (Å²) >= 11 is 3.12. The Balaban J connectivity index is 1.58. The van der Waals surface area contributed by atoms with E-state index in [9.17, 15) is 4.79 Å². The number of thioether (sulfide) groups is 2. The molecule has 1 saturated heterocycles. The fourth-order valence-electron chi connectivity index (χ4n) is 2.97. The Morgan fingerprint density at radius 1 is 1.14 bits per heavy atom. The summed E-state index contributed by atoms with van der Waals surface area (Å²) in [7, 11) is 0. The van der Waals surface area contributed by atoms with Crippen molar-refractivity contribution in [1.29, 1.82) is 0 Å². The van der Waals surface area contributed by atoms with Gasteiger partial charge in [-0.15, -0.1) is 5.10 Å². The van der Waals surface area contributed by atoms with Gasteiger partial charge in [-0.05, 0) is 45.0 Å². The number of aliphatic imine (C=N–C) groups is 1. The van der Waals surface area contributed by atoms with Crippen LogP contribution in [-0.4, -0.2) is 22.5 Å². The van der Waals surface area contributed by atoms with E-state index in [1.165, 1.54) is 11.8 Å². The monoisotopic (exact) mass is 408 g/mol. The van der Waals surface area contributed by atoms with E-state index < -0.39 is 0 Å². The Morgan fingerprint density at radius 2 is 1.89 bits per heavy atom. The molecule has 5 nitrogen and oxygen atoms in total. The summed E-state index contributed by atoms with van der Waals surface area (Å²) in [4.78, 5) is 20.9. The molecule has 0 aromatic heterocycles. The molecule has 2 aromatic rings. The topological polar surface area (TPSA) is 57.1 Å². The van der Waals surface area contributed by atoms with Crippen molar-refractivity contribution in [3.8, 4) is 0 Å². The molecular weight excluding hydrogens is 388 g/mol. The minimum absolute atomic E-state index is 0.0402.